The Balaban J connectivity index is 2.29. The molecule has 0 saturated carbocycles. The highest BCUT2D eigenvalue weighted by molar-refractivity contribution is 7.89. The first-order valence-corrected chi connectivity index (χ1v) is 12.1. The molecule has 1 amide bonds. The Labute approximate surface area is 194 Å². The van der Waals surface area contributed by atoms with Crippen molar-refractivity contribution >= 4 is 27.7 Å². The molecule has 2 rings (SSSR count). The zero-order valence-electron chi connectivity index (χ0n) is 19.0. The van der Waals surface area contributed by atoms with E-state index in [9.17, 15) is 22.8 Å². The second kappa shape index (κ2) is 11.7. The molecule has 0 aliphatic carbocycles. The van der Waals surface area contributed by atoms with E-state index < -0.39 is 39.6 Å². The smallest absolute Gasteiger partial charge is 0.328 e. The minimum absolute atomic E-state index is 0.129. The fourth-order valence-corrected chi connectivity index (χ4v) is 4.02. The average Bonchev–Trinajstić information content (AvgIpc) is 2.77. The summed E-state index contributed by atoms with van der Waals surface area (Å²) in [7, 11) is -2.72. The van der Waals surface area contributed by atoms with Gasteiger partial charge in [0.25, 0.3) is 0 Å². The Morgan fingerprint density at radius 3 is 2.27 bits per heavy atom. The monoisotopic (exact) mass is 474 g/mol. The van der Waals surface area contributed by atoms with Gasteiger partial charge in [0.05, 0.1) is 12.0 Å². The van der Waals surface area contributed by atoms with Crippen molar-refractivity contribution in [3.8, 4) is 0 Å². The number of carbonyl (C=O) groups excluding carboxylic acids is 3. The minimum Gasteiger partial charge on any atom is -0.467 e. The Hall–Kier alpha value is -3.04. The summed E-state index contributed by atoms with van der Waals surface area (Å²) >= 11 is 0. The highest BCUT2D eigenvalue weighted by Crippen LogP contribution is 2.19. The van der Waals surface area contributed by atoms with Gasteiger partial charge in [0, 0.05) is 17.9 Å². The number of hydrogen-bond donors (Lipinski definition) is 2. The molecule has 8 nitrogen and oxygen atoms in total. The summed E-state index contributed by atoms with van der Waals surface area (Å²) in [4.78, 5) is 38.1. The average molecular weight is 475 g/mol. The fourth-order valence-electron chi connectivity index (χ4n) is 3.46. The lowest BCUT2D eigenvalue weighted by atomic mass is 9.90. The van der Waals surface area contributed by atoms with E-state index in [4.69, 9.17) is 9.88 Å². The van der Waals surface area contributed by atoms with Crippen LogP contribution in [0.1, 0.15) is 42.6 Å². The molecule has 0 aliphatic rings. The topological polar surface area (TPSA) is 133 Å². The third-order valence-electron chi connectivity index (χ3n) is 5.12. The van der Waals surface area contributed by atoms with Crippen LogP contribution >= 0.6 is 0 Å². The van der Waals surface area contributed by atoms with E-state index in [1.54, 1.807) is 0 Å². The van der Waals surface area contributed by atoms with Crippen molar-refractivity contribution in [2.45, 2.75) is 44.0 Å². The van der Waals surface area contributed by atoms with Crippen molar-refractivity contribution in [3.63, 3.8) is 0 Å². The van der Waals surface area contributed by atoms with Gasteiger partial charge in [-0.05, 0) is 36.5 Å². The highest BCUT2D eigenvalue weighted by atomic mass is 32.2. The number of Topliss-reactive ketones (excluding diaryl/α,β-unsaturated/α-hetero) is 1. The van der Waals surface area contributed by atoms with E-state index in [0.29, 0.717) is 6.42 Å². The predicted octanol–water partition coefficient (Wildman–Crippen LogP) is 2.47. The molecule has 0 saturated heterocycles. The van der Waals surface area contributed by atoms with Gasteiger partial charge < -0.3 is 10.1 Å². The van der Waals surface area contributed by atoms with Crippen LogP contribution in [0.4, 0.5) is 0 Å². The van der Waals surface area contributed by atoms with Crippen molar-refractivity contribution in [1.29, 1.82) is 0 Å². The Morgan fingerprint density at radius 2 is 1.70 bits per heavy atom. The number of ether oxygens (including phenoxy) is 1. The molecule has 2 atom stereocenters. The molecule has 0 unspecified atom stereocenters. The van der Waals surface area contributed by atoms with Gasteiger partial charge in [-0.15, -0.1) is 0 Å². The molecule has 2 aromatic carbocycles. The molecule has 0 spiro atoms. The molecule has 0 fully saturated rings. The summed E-state index contributed by atoms with van der Waals surface area (Å²) < 4.78 is 28.1. The van der Waals surface area contributed by atoms with Gasteiger partial charge in [-0.1, -0.05) is 56.3 Å². The van der Waals surface area contributed by atoms with Gasteiger partial charge in [-0.2, -0.15) is 0 Å². The van der Waals surface area contributed by atoms with Crippen molar-refractivity contribution < 1.29 is 27.5 Å². The van der Waals surface area contributed by atoms with E-state index in [-0.39, 0.29) is 29.2 Å². The first-order chi connectivity index (χ1) is 15.5. The molecule has 0 radical (unpaired) electrons. The summed E-state index contributed by atoms with van der Waals surface area (Å²) in [6, 6.07) is 13.8. The predicted molar refractivity (Wildman–Crippen MR) is 124 cm³/mol. The summed E-state index contributed by atoms with van der Waals surface area (Å²) in [5.41, 5.74) is 0.987. The number of rotatable bonds is 11. The minimum atomic E-state index is -3.98. The third kappa shape index (κ3) is 8.11. The molecule has 0 heterocycles. The maximum Gasteiger partial charge on any atom is 0.328 e. The van der Waals surface area contributed by atoms with Gasteiger partial charge >= 0.3 is 5.97 Å². The van der Waals surface area contributed by atoms with Gasteiger partial charge in [-0.25, -0.2) is 18.4 Å². The van der Waals surface area contributed by atoms with Crippen LogP contribution in [0.2, 0.25) is 0 Å². The van der Waals surface area contributed by atoms with Crippen LogP contribution in [0, 0.1) is 11.8 Å². The Kier molecular flexibility index (Phi) is 9.31. The van der Waals surface area contributed by atoms with Crippen LogP contribution in [-0.2, 0) is 30.8 Å². The van der Waals surface area contributed by atoms with Gasteiger partial charge in [0.2, 0.25) is 15.9 Å². The number of nitrogens with one attached hydrogen (secondary N) is 1. The zero-order valence-corrected chi connectivity index (χ0v) is 19.8. The van der Waals surface area contributed by atoms with Crippen LogP contribution < -0.4 is 10.5 Å². The summed E-state index contributed by atoms with van der Waals surface area (Å²) in [6.45, 7) is 3.84. The molecular formula is C24H30N2O6S. The molecule has 0 bridgehead atoms. The van der Waals surface area contributed by atoms with E-state index in [2.05, 4.69) is 5.32 Å². The summed E-state index contributed by atoms with van der Waals surface area (Å²) in [5.74, 6) is -2.06. The lowest BCUT2D eigenvalue weighted by Crippen LogP contribution is -2.45. The number of sulfonamides is 1. The zero-order chi connectivity index (χ0) is 24.6. The number of hydrogen-bond acceptors (Lipinski definition) is 6. The second-order valence-electron chi connectivity index (χ2n) is 8.30. The summed E-state index contributed by atoms with van der Waals surface area (Å²) in [5, 5.41) is 7.90. The van der Waals surface area contributed by atoms with E-state index in [1.807, 2.05) is 44.2 Å². The summed E-state index contributed by atoms with van der Waals surface area (Å²) in [6.07, 6.45) is 0.480. The number of primary sulfonamides is 1. The molecule has 0 aromatic heterocycles. The van der Waals surface area contributed by atoms with Gasteiger partial charge in [0.15, 0.2) is 5.78 Å². The van der Waals surface area contributed by atoms with Crippen molar-refractivity contribution in [2.24, 2.45) is 17.0 Å². The Morgan fingerprint density at radius 1 is 1.03 bits per heavy atom. The number of amides is 1. The fraction of sp³-hybridized carbons (Fsp3) is 0.375. The highest BCUT2D eigenvalue weighted by Gasteiger charge is 2.29. The van der Waals surface area contributed by atoms with Gasteiger partial charge in [-0.3, -0.25) is 9.59 Å². The number of carbonyl (C=O) groups is 3. The molecule has 9 heteroatoms. The molecule has 178 valence electrons. The largest absolute Gasteiger partial charge is 0.467 e. The number of ketones is 1. The van der Waals surface area contributed by atoms with E-state index in [1.165, 1.54) is 31.4 Å². The lowest BCUT2D eigenvalue weighted by molar-refractivity contribution is -0.146. The van der Waals surface area contributed by atoms with Crippen molar-refractivity contribution in [1.82, 2.24) is 5.32 Å². The molecule has 3 N–H and O–H groups in total. The number of esters is 1. The maximum atomic E-state index is 13.2. The number of benzene rings is 2. The van der Waals surface area contributed by atoms with Crippen molar-refractivity contribution in [3.05, 3.63) is 65.7 Å². The first-order valence-electron chi connectivity index (χ1n) is 10.6. The van der Waals surface area contributed by atoms with Crippen LogP contribution in [-0.4, -0.2) is 39.2 Å². The molecule has 33 heavy (non-hydrogen) atoms. The first kappa shape index (κ1) is 26.2. The van der Waals surface area contributed by atoms with E-state index in [0.717, 1.165) is 5.56 Å². The lowest BCUT2D eigenvalue weighted by Gasteiger charge is -2.22. The SMILES string of the molecule is COC(=O)[C@H](CC(C)C)NC(=O)[C@@H](CC(=O)c1cccc(S(N)(=O)=O)c1)Cc1ccccc1. The Bertz CT molecular complexity index is 1080. The number of methoxy groups -OCH3 is 1. The molecular weight excluding hydrogens is 444 g/mol. The third-order valence-corrected chi connectivity index (χ3v) is 6.03. The van der Waals surface area contributed by atoms with Crippen molar-refractivity contribution in [2.75, 3.05) is 7.11 Å². The van der Waals surface area contributed by atoms with Gasteiger partial charge in [0.1, 0.15) is 6.04 Å². The maximum absolute atomic E-state index is 13.2. The number of nitrogens with two attached hydrogens (primary N) is 1. The molecule has 2 aromatic rings. The normalized spacial score (nSPS) is 13.2. The van der Waals surface area contributed by atoms with Crippen LogP contribution in [0.5, 0.6) is 0 Å². The second-order valence-corrected chi connectivity index (χ2v) is 9.86. The quantitative estimate of drug-likeness (QED) is 0.380. The van der Waals surface area contributed by atoms with Crippen LogP contribution in [0.25, 0.3) is 0 Å². The molecule has 0 aliphatic heterocycles. The standard InChI is InChI=1S/C24H30N2O6S/c1-16(2)12-21(24(29)32-3)26-23(28)19(13-17-8-5-4-6-9-17)15-22(27)18-10-7-11-20(14-18)33(25,30)31/h4-11,14,16,19,21H,12-13,15H2,1-3H3,(H,26,28)(H2,25,30,31)/t19-,21+/m1/s1. The van der Waals surface area contributed by atoms with Crippen LogP contribution in [0.3, 0.4) is 0 Å². The van der Waals surface area contributed by atoms with Crippen LogP contribution in [0.15, 0.2) is 59.5 Å². The van der Waals surface area contributed by atoms with E-state index >= 15 is 0 Å².